The van der Waals surface area contributed by atoms with Gasteiger partial charge in [0.1, 0.15) is 17.7 Å². The number of nitrogens with one attached hydrogen (secondary N) is 1. The quantitative estimate of drug-likeness (QED) is 0.914. The SMILES string of the molecule is CNCC1CC2=C(O1)c1cc(F)ccc1Cc1ccccc12. The van der Waals surface area contributed by atoms with E-state index in [1.54, 1.807) is 6.07 Å². The van der Waals surface area contributed by atoms with Crippen molar-refractivity contribution in [3.63, 3.8) is 0 Å². The molecule has 0 amide bonds. The van der Waals surface area contributed by atoms with E-state index in [1.165, 1.54) is 22.8 Å². The summed E-state index contributed by atoms with van der Waals surface area (Å²) in [4.78, 5) is 0. The Morgan fingerprint density at radius 1 is 1.14 bits per heavy atom. The van der Waals surface area contributed by atoms with Crippen molar-refractivity contribution in [1.82, 2.24) is 5.32 Å². The summed E-state index contributed by atoms with van der Waals surface area (Å²) in [7, 11) is 1.93. The molecule has 4 rings (SSSR count). The highest BCUT2D eigenvalue weighted by Gasteiger charge is 2.31. The number of benzene rings is 2. The van der Waals surface area contributed by atoms with Gasteiger partial charge in [-0.05, 0) is 42.3 Å². The van der Waals surface area contributed by atoms with Gasteiger partial charge in [0.05, 0.1) is 0 Å². The first-order valence-corrected chi connectivity index (χ1v) is 7.67. The fourth-order valence-corrected chi connectivity index (χ4v) is 3.49. The average molecular weight is 295 g/mol. The molecular weight excluding hydrogens is 277 g/mol. The van der Waals surface area contributed by atoms with Gasteiger partial charge in [-0.3, -0.25) is 0 Å². The van der Waals surface area contributed by atoms with Gasteiger partial charge in [-0.25, -0.2) is 4.39 Å². The van der Waals surface area contributed by atoms with E-state index in [4.69, 9.17) is 4.74 Å². The molecule has 2 nitrogen and oxygen atoms in total. The van der Waals surface area contributed by atoms with Crippen LogP contribution >= 0.6 is 0 Å². The number of ether oxygens (including phenoxy) is 1. The topological polar surface area (TPSA) is 21.3 Å². The summed E-state index contributed by atoms with van der Waals surface area (Å²) in [5.74, 6) is 0.650. The average Bonchev–Trinajstić information content (AvgIpc) is 2.89. The molecule has 1 aliphatic carbocycles. The summed E-state index contributed by atoms with van der Waals surface area (Å²) in [6, 6.07) is 13.5. The summed E-state index contributed by atoms with van der Waals surface area (Å²) < 4.78 is 19.9. The van der Waals surface area contributed by atoms with Crippen LogP contribution in [0, 0.1) is 5.82 Å². The first kappa shape index (κ1) is 13.5. The van der Waals surface area contributed by atoms with Gasteiger partial charge in [0.2, 0.25) is 0 Å². The van der Waals surface area contributed by atoms with Crippen LogP contribution in [0.15, 0.2) is 42.5 Å². The number of hydrogen-bond acceptors (Lipinski definition) is 2. The highest BCUT2D eigenvalue weighted by molar-refractivity contribution is 5.92. The Bertz CT molecular complexity index is 766. The van der Waals surface area contributed by atoms with Crippen LogP contribution in [0.1, 0.15) is 28.7 Å². The monoisotopic (exact) mass is 295 g/mol. The molecule has 2 aromatic carbocycles. The van der Waals surface area contributed by atoms with E-state index >= 15 is 0 Å². The van der Waals surface area contributed by atoms with Gasteiger partial charge in [0.25, 0.3) is 0 Å². The largest absolute Gasteiger partial charge is 0.488 e. The molecule has 22 heavy (non-hydrogen) atoms. The number of rotatable bonds is 2. The van der Waals surface area contributed by atoms with E-state index in [0.717, 1.165) is 36.3 Å². The minimum absolute atomic E-state index is 0.109. The maximum absolute atomic E-state index is 13.8. The first-order chi connectivity index (χ1) is 10.8. The molecular formula is C19H18FNO. The highest BCUT2D eigenvalue weighted by atomic mass is 19.1. The summed E-state index contributed by atoms with van der Waals surface area (Å²) >= 11 is 0. The Morgan fingerprint density at radius 2 is 1.95 bits per heavy atom. The predicted octanol–water partition coefficient (Wildman–Crippen LogP) is 3.61. The van der Waals surface area contributed by atoms with Crippen LogP contribution in [0.3, 0.4) is 0 Å². The van der Waals surface area contributed by atoms with Crippen LogP contribution in [0.5, 0.6) is 0 Å². The second kappa shape index (κ2) is 5.25. The van der Waals surface area contributed by atoms with Gasteiger partial charge >= 0.3 is 0 Å². The zero-order chi connectivity index (χ0) is 15.1. The molecule has 2 aromatic rings. The molecule has 0 saturated carbocycles. The lowest BCUT2D eigenvalue weighted by molar-refractivity contribution is 0.190. The minimum Gasteiger partial charge on any atom is -0.488 e. The van der Waals surface area contributed by atoms with Crippen LogP contribution in [-0.4, -0.2) is 19.7 Å². The van der Waals surface area contributed by atoms with E-state index in [1.807, 2.05) is 13.1 Å². The van der Waals surface area contributed by atoms with Gasteiger partial charge in [0, 0.05) is 24.1 Å². The third-order valence-corrected chi connectivity index (χ3v) is 4.46. The smallest absolute Gasteiger partial charge is 0.131 e. The van der Waals surface area contributed by atoms with Gasteiger partial charge in [-0.1, -0.05) is 30.3 Å². The molecule has 0 radical (unpaired) electrons. The van der Waals surface area contributed by atoms with Crippen molar-refractivity contribution in [2.45, 2.75) is 18.9 Å². The second-order valence-corrected chi connectivity index (χ2v) is 5.94. The fraction of sp³-hybridized carbons (Fsp3) is 0.263. The van der Waals surface area contributed by atoms with Crippen molar-refractivity contribution >= 4 is 11.3 Å². The van der Waals surface area contributed by atoms with Crippen molar-refractivity contribution in [2.24, 2.45) is 0 Å². The summed E-state index contributed by atoms with van der Waals surface area (Å²) in [6.07, 6.45) is 1.79. The van der Waals surface area contributed by atoms with Crippen molar-refractivity contribution in [3.8, 4) is 0 Å². The molecule has 1 unspecified atom stereocenters. The molecule has 2 aliphatic rings. The van der Waals surface area contributed by atoms with Crippen LogP contribution in [0.2, 0.25) is 0 Å². The summed E-state index contributed by atoms with van der Waals surface area (Å²) in [5.41, 5.74) is 5.77. The lowest BCUT2D eigenvalue weighted by Crippen LogP contribution is -2.23. The molecule has 3 heteroatoms. The van der Waals surface area contributed by atoms with E-state index in [2.05, 4.69) is 29.6 Å². The molecule has 0 saturated heterocycles. The first-order valence-electron chi connectivity index (χ1n) is 7.67. The van der Waals surface area contributed by atoms with Crippen molar-refractivity contribution in [1.29, 1.82) is 0 Å². The second-order valence-electron chi connectivity index (χ2n) is 5.94. The molecule has 1 N–H and O–H groups in total. The van der Waals surface area contributed by atoms with E-state index in [9.17, 15) is 4.39 Å². The lowest BCUT2D eigenvalue weighted by atomic mass is 9.95. The van der Waals surface area contributed by atoms with E-state index < -0.39 is 0 Å². The normalized spacial score (nSPS) is 19.1. The van der Waals surface area contributed by atoms with Gasteiger partial charge in [-0.15, -0.1) is 0 Å². The molecule has 1 heterocycles. The number of halogens is 1. The van der Waals surface area contributed by atoms with E-state index in [0.29, 0.717) is 0 Å². The molecule has 0 aromatic heterocycles. The van der Waals surface area contributed by atoms with Gasteiger partial charge < -0.3 is 10.1 Å². The zero-order valence-corrected chi connectivity index (χ0v) is 12.5. The number of fused-ring (bicyclic) bond motifs is 4. The Kier molecular flexibility index (Phi) is 3.23. The zero-order valence-electron chi connectivity index (χ0n) is 12.5. The fourth-order valence-electron chi connectivity index (χ4n) is 3.49. The maximum Gasteiger partial charge on any atom is 0.131 e. The van der Waals surface area contributed by atoms with Crippen molar-refractivity contribution in [2.75, 3.05) is 13.6 Å². The van der Waals surface area contributed by atoms with Crippen LogP contribution in [0.4, 0.5) is 4.39 Å². The molecule has 112 valence electrons. The maximum atomic E-state index is 13.8. The Balaban J connectivity index is 1.90. The lowest BCUT2D eigenvalue weighted by Gasteiger charge is -2.15. The molecule has 0 bridgehead atoms. The standard InChI is InChI=1S/C19H18FNO/c1-21-11-15-10-18-16-5-3-2-4-12(16)8-13-6-7-14(20)9-17(13)19(18)22-15/h2-7,9,15,21H,8,10-11H2,1H3. The number of likely N-dealkylation sites (N-methyl/N-ethyl adjacent to an activating group) is 1. The van der Waals surface area contributed by atoms with E-state index in [-0.39, 0.29) is 11.9 Å². The highest BCUT2D eigenvalue weighted by Crippen LogP contribution is 2.43. The van der Waals surface area contributed by atoms with Gasteiger partial charge in [0.15, 0.2) is 0 Å². The Labute approximate surface area is 129 Å². The molecule has 1 atom stereocenters. The van der Waals surface area contributed by atoms with Crippen LogP contribution in [-0.2, 0) is 11.2 Å². The van der Waals surface area contributed by atoms with Crippen LogP contribution < -0.4 is 5.32 Å². The summed E-state index contributed by atoms with van der Waals surface area (Å²) in [6.45, 7) is 0.791. The Morgan fingerprint density at radius 3 is 2.82 bits per heavy atom. The number of hydrogen-bond donors (Lipinski definition) is 1. The third kappa shape index (κ3) is 2.13. The van der Waals surface area contributed by atoms with Crippen molar-refractivity contribution in [3.05, 3.63) is 70.5 Å². The Hall–Kier alpha value is -2.13. The minimum atomic E-state index is -0.211. The van der Waals surface area contributed by atoms with Gasteiger partial charge in [-0.2, -0.15) is 0 Å². The molecule has 1 aliphatic heterocycles. The van der Waals surface area contributed by atoms with Crippen LogP contribution in [0.25, 0.3) is 11.3 Å². The van der Waals surface area contributed by atoms with Crippen molar-refractivity contribution < 1.29 is 9.13 Å². The predicted molar refractivity (Wildman–Crippen MR) is 85.9 cm³/mol. The molecule has 0 fully saturated rings. The molecule has 0 spiro atoms. The summed E-state index contributed by atoms with van der Waals surface area (Å²) in [5, 5.41) is 3.17. The third-order valence-electron chi connectivity index (χ3n) is 4.46.